The highest BCUT2D eigenvalue weighted by Crippen LogP contribution is 2.20. The number of hydrogen-bond acceptors (Lipinski definition) is 5. The molecule has 1 aliphatic rings. The van der Waals surface area contributed by atoms with E-state index in [1.165, 1.54) is 11.0 Å². The molecule has 8 heteroatoms. The van der Waals surface area contributed by atoms with Crippen molar-refractivity contribution in [3.05, 3.63) is 40.0 Å². The maximum atomic E-state index is 12.1. The number of morpholine rings is 1. The van der Waals surface area contributed by atoms with Crippen LogP contribution in [0.15, 0.2) is 30.9 Å². The number of nitrogens with one attached hydrogen (secondary N) is 2. The van der Waals surface area contributed by atoms with Crippen molar-refractivity contribution in [3.63, 3.8) is 0 Å². The van der Waals surface area contributed by atoms with E-state index < -0.39 is 6.09 Å². The molecule has 0 saturated carbocycles. The van der Waals surface area contributed by atoms with Gasteiger partial charge >= 0.3 is 12.1 Å². The van der Waals surface area contributed by atoms with Gasteiger partial charge in [0.2, 0.25) is 0 Å². The smallest absolute Gasteiger partial charge is 0.411 e. The first-order valence-corrected chi connectivity index (χ1v) is 9.10. The van der Waals surface area contributed by atoms with Crippen LogP contribution in [0.1, 0.15) is 10.4 Å². The number of amides is 1. The van der Waals surface area contributed by atoms with Gasteiger partial charge in [-0.2, -0.15) is 0 Å². The molecule has 0 atom stereocenters. The number of halogens is 1. The van der Waals surface area contributed by atoms with E-state index in [2.05, 4.69) is 11.9 Å². The highest BCUT2D eigenvalue weighted by molar-refractivity contribution is 14.1. The lowest BCUT2D eigenvalue weighted by Gasteiger charge is -2.23. The van der Waals surface area contributed by atoms with Crippen molar-refractivity contribution < 1.29 is 28.7 Å². The molecule has 1 heterocycles. The molecule has 0 radical (unpaired) electrons. The maximum Gasteiger partial charge on any atom is 0.411 e. The van der Waals surface area contributed by atoms with Crippen LogP contribution >= 0.6 is 22.6 Å². The summed E-state index contributed by atoms with van der Waals surface area (Å²) in [4.78, 5) is 25.1. The number of esters is 1. The summed E-state index contributed by atoms with van der Waals surface area (Å²) >= 11 is 2.05. The van der Waals surface area contributed by atoms with Gasteiger partial charge in [0.25, 0.3) is 0 Å². The Hall–Kier alpha value is -1.65. The van der Waals surface area contributed by atoms with Gasteiger partial charge in [-0.15, -0.1) is 0 Å². The fourth-order valence-corrected chi connectivity index (χ4v) is 2.96. The van der Waals surface area contributed by atoms with E-state index in [4.69, 9.17) is 14.2 Å². The zero-order valence-electron chi connectivity index (χ0n) is 13.9. The van der Waals surface area contributed by atoms with E-state index in [1.807, 2.05) is 22.6 Å². The lowest BCUT2D eigenvalue weighted by Crippen LogP contribution is -3.14. The van der Waals surface area contributed by atoms with E-state index in [0.29, 0.717) is 17.9 Å². The highest BCUT2D eigenvalue weighted by Gasteiger charge is 2.16. The largest absolute Gasteiger partial charge is 0.456 e. The first-order chi connectivity index (χ1) is 12.1. The monoisotopic (exact) mass is 461 g/mol. The molecule has 2 N–H and O–H groups in total. The van der Waals surface area contributed by atoms with Crippen molar-refractivity contribution in [2.45, 2.75) is 0 Å². The predicted molar refractivity (Wildman–Crippen MR) is 101 cm³/mol. The van der Waals surface area contributed by atoms with Crippen LogP contribution in [0.5, 0.6) is 0 Å². The average Bonchev–Trinajstić information content (AvgIpc) is 2.62. The SMILES string of the molecule is C=CCOC(=O)Nc1ccc(C(=O)OCC[NH+]2CCOCC2)cc1I. The second-order valence-electron chi connectivity index (χ2n) is 5.46. The van der Waals surface area contributed by atoms with Gasteiger partial charge in [-0.25, -0.2) is 9.59 Å². The minimum atomic E-state index is -0.568. The second kappa shape index (κ2) is 10.4. The molecule has 7 nitrogen and oxygen atoms in total. The van der Waals surface area contributed by atoms with Gasteiger partial charge in [-0.05, 0) is 40.8 Å². The molecule has 0 aliphatic carbocycles. The Kier molecular flexibility index (Phi) is 8.16. The Morgan fingerprint density at radius 2 is 2.08 bits per heavy atom. The lowest BCUT2D eigenvalue weighted by atomic mass is 10.2. The van der Waals surface area contributed by atoms with Crippen molar-refractivity contribution in [1.29, 1.82) is 0 Å². The Morgan fingerprint density at radius 3 is 2.76 bits per heavy atom. The maximum absolute atomic E-state index is 12.1. The summed E-state index contributed by atoms with van der Waals surface area (Å²) in [5.74, 6) is -0.369. The van der Waals surface area contributed by atoms with Crippen molar-refractivity contribution in [2.75, 3.05) is 51.4 Å². The molecule has 1 aromatic rings. The number of ether oxygens (including phenoxy) is 3. The fraction of sp³-hybridized carbons (Fsp3) is 0.412. The zero-order chi connectivity index (χ0) is 18.1. The number of carbonyl (C=O) groups excluding carboxylic acids is 2. The van der Waals surface area contributed by atoms with Gasteiger partial charge in [-0.3, -0.25) is 5.32 Å². The summed E-state index contributed by atoms with van der Waals surface area (Å²) in [6.07, 6.45) is 0.920. The predicted octanol–water partition coefficient (Wildman–Crippen LogP) is 1.10. The number of quaternary nitrogens is 1. The van der Waals surface area contributed by atoms with Crippen molar-refractivity contribution in [2.24, 2.45) is 0 Å². The van der Waals surface area contributed by atoms with Crippen LogP contribution in [0.3, 0.4) is 0 Å². The molecule has 0 spiro atoms. The molecule has 1 aliphatic heterocycles. The van der Waals surface area contributed by atoms with Gasteiger partial charge in [0.15, 0.2) is 0 Å². The minimum absolute atomic E-state index is 0.137. The molecular formula is C17H22IN2O5+. The molecule has 136 valence electrons. The van der Waals surface area contributed by atoms with Gasteiger partial charge in [-0.1, -0.05) is 12.7 Å². The van der Waals surface area contributed by atoms with E-state index in [-0.39, 0.29) is 12.6 Å². The number of anilines is 1. The Labute approximate surface area is 160 Å². The molecule has 0 aromatic heterocycles. The van der Waals surface area contributed by atoms with Crippen LogP contribution in [0.25, 0.3) is 0 Å². The van der Waals surface area contributed by atoms with Crippen LogP contribution < -0.4 is 10.2 Å². The molecule has 1 aromatic carbocycles. The quantitative estimate of drug-likeness (QED) is 0.362. The Morgan fingerprint density at radius 1 is 1.32 bits per heavy atom. The third-order valence-corrected chi connectivity index (χ3v) is 4.55. The lowest BCUT2D eigenvalue weighted by molar-refractivity contribution is -0.908. The van der Waals surface area contributed by atoms with Crippen LogP contribution in [-0.4, -0.2) is 58.1 Å². The van der Waals surface area contributed by atoms with E-state index >= 15 is 0 Å². The molecule has 2 rings (SSSR count). The number of carbonyl (C=O) groups is 2. The standard InChI is InChI=1S/C17H21IN2O5/c1-2-8-25-17(22)19-15-4-3-13(12-14(15)18)16(21)24-11-7-20-5-9-23-10-6-20/h2-4,12H,1,5-11H2,(H,19,22)/p+1. The molecule has 1 amide bonds. The van der Waals surface area contributed by atoms with E-state index in [9.17, 15) is 9.59 Å². The molecule has 0 bridgehead atoms. The van der Waals surface area contributed by atoms with Crippen molar-refractivity contribution in [1.82, 2.24) is 0 Å². The number of hydrogen-bond donors (Lipinski definition) is 2. The van der Waals surface area contributed by atoms with Crippen LogP contribution in [0.2, 0.25) is 0 Å². The van der Waals surface area contributed by atoms with Gasteiger partial charge < -0.3 is 19.1 Å². The molecule has 1 fully saturated rings. The molecular weight excluding hydrogens is 439 g/mol. The van der Waals surface area contributed by atoms with Gasteiger partial charge in [0, 0.05) is 3.57 Å². The second-order valence-corrected chi connectivity index (χ2v) is 6.62. The Balaban J connectivity index is 1.82. The summed E-state index contributed by atoms with van der Waals surface area (Å²) in [5, 5.41) is 2.61. The zero-order valence-corrected chi connectivity index (χ0v) is 16.0. The topological polar surface area (TPSA) is 78.3 Å². The number of rotatable bonds is 7. The van der Waals surface area contributed by atoms with Gasteiger partial charge in [0.05, 0.1) is 24.5 Å². The van der Waals surface area contributed by atoms with Gasteiger partial charge in [0.1, 0.15) is 32.8 Å². The Bertz CT molecular complexity index is 617. The van der Waals surface area contributed by atoms with Crippen LogP contribution in [0, 0.1) is 3.57 Å². The first kappa shape index (κ1) is 19.7. The summed E-state index contributed by atoms with van der Waals surface area (Å²) in [5.41, 5.74) is 1.02. The third kappa shape index (κ3) is 6.63. The summed E-state index contributed by atoms with van der Waals surface area (Å²) in [7, 11) is 0. The number of benzene rings is 1. The normalized spacial score (nSPS) is 14.6. The summed E-state index contributed by atoms with van der Waals surface area (Å²) in [6, 6.07) is 4.95. The average molecular weight is 461 g/mol. The van der Waals surface area contributed by atoms with Crippen LogP contribution in [-0.2, 0) is 14.2 Å². The minimum Gasteiger partial charge on any atom is -0.456 e. The molecule has 25 heavy (non-hydrogen) atoms. The van der Waals surface area contributed by atoms with Crippen LogP contribution in [0.4, 0.5) is 10.5 Å². The van der Waals surface area contributed by atoms with E-state index in [1.54, 1.807) is 18.2 Å². The molecule has 1 saturated heterocycles. The fourth-order valence-electron chi connectivity index (χ4n) is 2.31. The summed E-state index contributed by atoms with van der Waals surface area (Å²) in [6.45, 7) is 8.16. The first-order valence-electron chi connectivity index (χ1n) is 8.03. The molecule has 0 unspecified atom stereocenters. The highest BCUT2D eigenvalue weighted by atomic mass is 127. The summed E-state index contributed by atoms with van der Waals surface area (Å²) < 4.78 is 16.2. The van der Waals surface area contributed by atoms with Crippen molar-refractivity contribution >= 4 is 40.3 Å². The third-order valence-electron chi connectivity index (χ3n) is 3.66. The van der Waals surface area contributed by atoms with E-state index in [0.717, 1.165) is 36.4 Å². The van der Waals surface area contributed by atoms with Crippen molar-refractivity contribution in [3.8, 4) is 0 Å².